The number of benzene rings is 1. The number of hydrogen-bond acceptors (Lipinski definition) is 1. The monoisotopic (exact) mass is 175 g/mol. The number of halogens is 3. The van der Waals surface area contributed by atoms with Crippen LogP contribution in [0.1, 0.15) is 5.56 Å². The van der Waals surface area contributed by atoms with Crippen LogP contribution in [0, 0.1) is 13.0 Å². The van der Waals surface area contributed by atoms with Gasteiger partial charge in [-0.05, 0) is 18.6 Å². The van der Waals surface area contributed by atoms with Gasteiger partial charge in [0.2, 0.25) is 0 Å². The van der Waals surface area contributed by atoms with Crippen molar-refractivity contribution in [2.45, 2.75) is 13.3 Å². The van der Waals surface area contributed by atoms with E-state index < -0.39 is 6.36 Å². The van der Waals surface area contributed by atoms with Crippen LogP contribution < -0.4 is 4.74 Å². The van der Waals surface area contributed by atoms with Crippen molar-refractivity contribution in [2.24, 2.45) is 0 Å². The molecule has 1 aromatic rings. The molecule has 1 aromatic carbocycles. The molecule has 0 aromatic heterocycles. The minimum atomic E-state index is -4.63. The largest absolute Gasteiger partial charge is 0.573 e. The Bertz CT molecular complexity index is 267. The Morgan fingerprint density at radius 2 is 2.00 bits per heavy atom. The van der Waals surface area contributed by atoms with E-state index in [0.29, 0.717) is 5.56 Å². The van der Waals surface area contributed by atoms with Gasteiger partial charge in [-0.25, -0.2) is 0 Å². The molecule has 1 radical (unpaired) electrons. The van der Waals surface area contributed by atoms with Crippen LogP contribution in [0.4, 0.5) is 13.2 Å². The first-order valence-corrected chi connectivity index (χ1v) is 3.22. The van der Waals surface area contributed by atoms with Crippen molar-refractivity contribution in [1.82, 2.24) is 0 Å². The molecule has 0 amide bonds. The van der Waals surface area contributed by atoms with E-state index >= 15 is 0 Å². The predicted octanol–water partition coefficient (Wildman–Crippen LogP) is 2.69. The van der Waals surface area contributed by atoms with Crippen molar-refractivity contribution < 1.29 is 17.9 Å². The summed E-state index contributed by atoms with van der Waals surface area (Å²) in [6.07, 6.45) is -4.63. The van der Waals surface area contributed by atoms with Gasteiger partial charge in [-0.2, -0.15) is 0 Å². The third kappa shape index (κ3) is 2.82. The fraction of sp³-hybridized carbons (Fsp3) is 0.250. The first-order valence-electron chi connectivity index (χ1n) is 3.22. The van der Waals surface area contributed by atoms with Gasteiger partial charge in [0, 0.05) is 6.07 Å². The average Bonchev–Trinajstić information content (AvgIpc) is 1.82. The molecule has 4 heteroatoms. The van der Waals surface area contributed by atoms with E-state index in [1.54, 1.807) is 13.0 Å². The van der Waals surface area contributed by atoms with Gasteiger partial charge in [-0.3, -0.25) is 0 Å². The second-order valence-electron chi connectivity index (χ2n) is 2.25. The van der Waals surface area contributed by atoms with Crippen molar-refractivity contribution in [3.8, 4) is 5.75 Å². The highest BCUT2D eigenvalue weighted by Crippen LogP contribution is 2.22. The molecule has 1 nitrogen and oxygen atoms in total. The molecule has 0 unspecified atom stereocenters. The zero-order chi connectivity index (χ0) is 9.19. The number of aryl methyl sites for hydroxylation is 1. The molecule has 12 heavy (non-hydrogen) atoms. The second kappa shape index (κ2) is 3.05. The maximum absolute atomic E-state index is 11.6. The number of hydrogen-bond donors (Lipinski definition) is 0. The molecule has 0 bridgehead atoms. The Kier molecular flexibility index (Phi) is 2.26. The molecule has 0 N–H and O–H groups in total. The summed E-state index contributed by atoms with van der Waals surface area (Å²) in [6, 6.07) is 6.75. The van der Waals surface area contributed by atoms with E-state index in [-0.39, 0.29) is 5.75 Å². The van der Waals surface area contributed by atoms with Gasteiger partial charge < -0.3 is 4.74 Å². The lowest BCUT2D eigenvalue weighted by atomic mass is 10.2. The first kappa shape index (κ1) is 8.90. The number of ether oxygens (including phenoxy) is 1. The zero-order valence-corrected chi connectivity index (χ0v) is 6.27. The third-order valence-electron chi connectivity index (χ3n) is 1.14. The van der Waals surface area contributed by atoms with E-state index in [4.69, 9.17) is 0 Å². The molecule has 65 valence electrons. The number of rotatable bonds is 1. The lowest BCUT2D eigenvalue weighted by Crippen LogP contribution is -2.17. The van der Waals surface area contributed by atoms with Crippen LogP contribution >= 0.6 is 0 Å². The van der Waals surface area contributed by atoms with E-state index in [2.05, 4.69) is 10.8 Å². The summed E-state index contributed by atoms with van der Waals surface area (Å²) in [5, 5.41) is 0. The van der Waals surface area contributed by atoms with Crippen molar-refractivity contribution in [1.29, 1.82) is 0 Å². The van der Waals surface area contributed by atoms with Crippen LogP contribution in [0.5, 0.6) is 5.75 Å². The van der Waals surface area contributed by atoms with Gasteiger partial charge in [0.1, 0.15) is 5.75 Å². The van der Waals surface area contributed by atoms with Crippen LogP contribution in [-0.2, 0) is 0 Å². The van der Waals surface area contributed by atoms with Gasteiger partial charge in [-0.1, -0.05) is 12.1 Å². The number of alkyl halides is 3. The fourth-order valence-corrected chi connectivity index (χ4v) is 0.742. The Morgan fingerprint density at radius 3 is 2.50 bits per heavy atom. The molecule has 0 saturated carbocycles. The van der Waals surface area contributed by atoms with Crippen LogP contribution in [0.2, 0.25) is 0 Å². The molecule has 0 spiro atoms. The summed E-state index contributed by atoms with van der Waals surface area (Å²) in [5.74, 6) is -0.303. The second-order valence-corrected chi connectivity index (χ2v) is 2.25. The quantitative estimate of drug-likeness (QED) is 0.637. The summed E-state index contributed by atoms with van der Waals surface area (Å²) in [4.78, 5) is 0. The third-order valence-corrected chi connectivity index (χ3v) is 1.14. The Balaban J connectivity index is 2.77. The van der Waals surface area contributed by atoms with E-state index in [0.717, 1.165) is 0 Å². The van der Waals surface area contributed by atoms with Crippen molar-refractivity contribution in [2.75, 3.05) is 0 Å². The SMILES string of the molecule is Cc1[c]c(OC(F)(F)F)ccc1. The van der Waals surface area contributed by atoms with E-state index in [1.807, 2.05) is 0 Å². The first-order chi connectivity index (χ1) is 5.47. The molecule has 0 aliphatic carbocycles. The van der Waals surface area contributed by atoms with Gasteiger partial charge >= 0.3 is 6.36 Å². The maximum Gasteiger partial charge on any atom is 0.573 e. The molecule has 1 rings (SSSR count). The summed E-state index contributed by atoms with van der Waals surface area (Å²) < 4.78 is 38.5. The molecular weight excluding hydrogens is 169 g/mol. The van der Waals surface area contributed by atoms with Crippen molar-refractivity contribution >= 4 is 0 Å². The highest BCUT2D eigenvalue weighted by Gasteiger charge is 2.31. The zero-order valence-electron chi connectivity index (χ0n) is 6.27. The average molecular weight is 175 g/mol. The molecule has 0 aliphatic rings. The minimum absolute atomic E-state index is 0.303. The van der Waals surface area contributed by atoms with Crippen LogP contribution in [0.3, 0.4) is 0 Å². The van der Waals surface area contributed by atoms with E-state index in [1.165, 1.54) is 12.1 Å². The van der Waals surface area contributed by atoms with Crippen LogP contribution in [0.15, 0.2) is 18.2 Å². The molecular formula is C8H6F3O. The molecule has 0 aliphatic heterocycles. The van der Waals surface area contributed by atoms with Crippen LogP contribution in [0.25, 0.3) is 0 Å². The van der Waals surface area contributed by atoms with Crippen molar-refractivity contribution in [3.63, 3.8) is 0 Å². The normalized spacial score (nSPS) is 11.3. The van der Waals surface area contributed by atoms with E-state index in [9.17, 15) is 13.2 Å². The minimum Gasteiger partial charge on any atom is -0.405 e. The Morgan fingerprint density at radius 1 is 1.33 bits per heavy atom. The van der Waals surface area contributed by atoms with Crippen molar-refractivity contribution in [3.05, 3.63) is 29.8 Å². The molecule has 0 fully saturated rings. The standard InChI is InChI=1S/C8H6F3O/c1-6-3-2-4-7(5-6)12-8(9,10)11/h2-4H,1H3. The smallest absolute Gasteiger partial charge is 0.405 e. The van der Waals surface area contributed by atoms with Gasteiger partial charge in [-0.15, -0.1) is 13.2 Å². The fourth-order valence-electron chi connectivity index (χ4n) is 0.742. The highest BCUT2D eigenvalue weighted by atomic mass is 19.4. The highest BCUT2D eigenvalue weighted by molar-refractivity contribution is 5.25. The lowest BCUT2D eigenvalue weighted by molar-refractivity contribution is -0.274. The van der Waals surface area contributed by atoms with Gasteiger partial charge in [0.05, 0.1) is 0 Å². The topological polar surface area (TPSA) is 9.23 Å². The lowest BCUT2D eigenvalue weighted by Gasteiger charge is -2.07. The Hall–Kier alpha value is -1.19. The van der Waals surface area contributed by atoms with Gasteiger partial charge in [0.15, 0.2) is 0 Å². The maximum atomic E-state index is 11.6. The summed E-state index contributed by atoms with van der Waals surface area (Å²) in [5.41, 5.74) is 0.608. The Labute approximate surface area is 67.8 Å². The summed E-state index contributed by atoms with van der Waals surface area (Å²) in [7, 11) is 0. The van der Waals surface area contributed by atoms with Gasteiger partial charge in [0.25, 0.3) is 0 Å². The molecule has 0 heterocycles. The summed E-state index contributed by atoms with van der Waals surface area (Å²) in [6.45, 7) is 1.64. The molecule has 0 saturated heterocycles. The molecule has 0 atom stereocenters. The van der Waals surface area contributed by atoms with Crippen LogP contribution in [-0.4, -0.2) is 6.36 Å². The predicted molar refractivity (Wildman–Crippen MR) is 36.7 cm³/mol. The summed E-state index contributed by atoms with van der Waals surface area (Å²) >= 11 is 0.